The quantitative estimate of drug-likeness (QED) is 0.730. The summed E-state index contributed by atoms with van der Waals surface area (Å²) < 4.78 is 0. The largest absolute Gasteiger partial charge is 0.396 e. The van der Waals surface area contributed by atoms with Crippen molar-refractivity contribution in [1.29, 1.82) is 0 Å². The summed E-state index contributed by atoms with van der Waals surface area (Å²) in [5.41, 5.74) is 0.196. The van der Waals surface area contributed by atoms with Gasteiger partial charge in [0.15, 0.2) is 0 Å². The van der Waals surface area contributed by atoms with E-state index in [1.54, 1.807) is 0 Å². The second kappa shape index (κ2) is 5.50. The average Bonchev–Trinajstić information content (AvgIpc) is 2.69. The highest BCUT2D eigenvalue weighted by atomic mass is 16.3. The Morgan fingerprint density at radius 2 is 2.00 bits per heavy atom. The van der Waals surface area contributed by atoms with E-state index in [2.05, 4.69) is 19.2 Å². The zero-order valence-electron chi connectivity index (χ0n) is 9.88. The number of hydrogen-bond donors (Lipinski definition) is 2. The molecule has 3 nitrogen and oxygen atoms in total. The molecule has 0 atom stereocenters. The topological polar surface area (TPSA) is 49.3 Å². The molecule has 1 saturated carbocycles. The van der Waals surface area contributed by atoms with Crippen LogP contribution in [0.15, 0.2) is 0 Å². The van der Waals surface area contributed by atoms with Crippen LogP contribution in [0.2, 0.25) is 0 Å². The maximum Gasteiger partial charge on any atom is 0.222 e. The van der Waals surface area contributed by atoms with E-state index in [9.17, 15) is 4.79 Å². The van der Waals surface area contributed by atoms with Crippen LogP contribution in [0.25, 0.3) is 0 Å². The van der Waals surface area contributed by atoms with Crippen molar-refractivity contribution in [1.82, 2.24) is 5.32 Å². The maximum atomic E-state index is 11.2. The summed E-state index contributed by atoms with van der Waals surface area (Å²) in [6.45, 7) is 5.12. The molecular weight excluding hydrogens is 190 g/mol. The van der Waals surface area contributed by atoms with Gasteiger partial charge in [-0.3, -0.25) is 4.79 Å². The van der Waals surface area contributed by atoms with Crippen molar-refractivity contribution in [3.05, 3.63) is 0 Å². The van der Waals surface area contributed by atoms with Gasteiger partial charge >= 0.3 is 0 Å². The summed E-state index contributed by atoms with van der Waals surface area (Å²) in [6, 6.07) is 0. The number of amides is 1. The molecule has 1 amide bonds. The summed E-state index contributed by atoms with van der Waals surface area (Å²) in [5, 5.41) is 11.5. The SMILES string of the molecule is CC(C)(CNC(=O)CCO)C1CCCC1. The molecule has 1 fully saturated rings. The first-order chi connectivity index (χ1) is 7.06. The van der Waals surface area contributed by atoms with E-state index >= 15 is 0 Å². The Hall–Kier alpha value is -0.570. The molecule has 15 heavy (non-hydrogen) atoms. The van der Waals surface area contributed by atoms with Crippen LogP contribution >= 0.6 is 0 Å². The van der Waals surface area contributed by atoms with E-state index in [1.165, 1.54) is 25.7 Å². The molecule has 1 aliphatic carbocycles. The number of carbonyl (C=O) groups excluding carboxylic acids is 1. The van der Waals surface area contributed by atoms with Crippen molar-refractivity contribution in [2.75, 3.05) is 13.2 Å². The van der Waals surface area contributed by atoms with Crippen molar-refractivity contribution in [3.63, 3.8) is 0 Å². The summed E-state index contributed by atoms with van der Waals surface area (Å²) in [7, 11) is 0. The average molecular weight is 213 g/mol. The second-order valence-corrected chi connectivity index (χ2v) is 5.22. The van der Waals surface area contributed by atoms with Crippen LogP contribution in [0.3, 0.4) is 0 Å². The molecule has 0 unspecified atom stereocenters. The predicted octanol–water partition coefficient (Wildman–Crippen LogP) is 1.70. The molecule has 0 aromatic heterocycles. The third-order valence-electron chi connectivity index (χ3n) is 3.54. The minimum atomic E-state index is -0.0598. The lowest BCUT2D eigenvalue weighted by Crippen LogP contribution is -2.38. The number of rotatable bonds is 5. The van der Waals surface area contributed by atoms with Crippen LogP contribution in [-0.2, 0) is 4.79 Å². The Balaban J connectivity index is 2.31. The number of carbonyl (C=O) groups is 1. The highest BCUT2D eigenvalue weighted by Gasteiger charge is 2.31. The Morgan fingerprint density at radius 1 is 1.40 bits per heavy atom. The first-order valence-electron chi connectivity index (χ1n) is 5.94. The van der Waals surface area contributed by atoms with Gasteiger partial charge in [-0.05, 0) is 24.2 Å². The van der Waals surface area contributed by atoms with Gasteiger partial charge in [-0.2, -0.15) is 0 Å². The molecule has 1 aliphatic rings. The number of hydrogen-bond acceptors (Lipinski definition) is 2. The molecule has 1 rings (SSSR count). The number of aliphatic hydroxyl groups is 1. The molecule has 0 aliphatic heterocycles. The molecule has 0 heterocycles. The Kier molecular flexibility index (Phi) is 4.58. The van der Waals surface area contributed by atoms with Crippen LogP contribution in [0.4, 0.5) is 0 Å². The summed E-state index contributed by atoms with van der Waals surface area (Å²) in [6.07, 6.45) is 5.48. The van der Waals surface area contributed by atoms with Crippen molar-refractivity contribution in [2.24, 2.45) is 11.3 Å². The fourth-order valence-corrected chi connectivity index (χ4v) is 2.37. The van der Waals surface area contributed by atoms with Crippen LogP contribution < -0.4 is 5.32 Å². The Morgan fingerprint density at radius 3 is 2.53 bits per heavy atom. The molecule has 0 spiro atoms. The molecule has 88 valence electrons. The van der Waals surface area contributed by atoms with E-state index < -0.39 is 0 Å². The van der Waals surface area contributed by atoms with E-state index in [1.807, 2.05) is 0 Å². The molecule has 0 bridgehead atoms. The van der Waals surface area contributed by atoms with Gasteiger partial charge in [0.25, 0.3) is 0 Å². The zero-order chi connectivity index (χ0) is 11.3. The van der Waals surface area contributed by atoms with Crippen LogP contribution in [0, 0.1) is 11.3 Å². The van der Waals surface area contributed by atoms with Crippen LogP contribution in [-0.4, -0.2) is 24.2 Å². The van der Waals surface area contributed by atoms with Gasteiger partial charge in [-0.1, -0.05) is 26.7 Å². The van der Waals surface area contributed by atoms with Crippen molar-refractivity contribution >= 4 is 5.91 Å². The van der Waals surface area contributed by atoms with Crippen LogP contribution in [0.5, 0.6) is 0 Å². The predicted molar refractivity (Wildman–Crippen MR) is 60.5 cm³/mol. The first-order valence-corrected chi connectivity index (χ1v) is 5.94. The lowest BCUT2D eigenvalue weighted by atomic mass is 9.78. The Labute approximate surface area is 92.3 Å². The second-order valence-electron chi connectivity index (χ2n) is 5.22. The highest BCUT2D eigenvalue weighted by molar-refractivity contribution is 5.75. The van der Waals surface area contributed by atoms with E-state index in [0.717, 1.165) is 12.5 Å². The maximum absolute atomic E-state index is 11.2. The number of aliphatic hydroxyl groups excluding tert-OH is 1. The lowest BCUT2D eigenvalue weighted by Gasteiger charge is -2.31. The smallest absolute Gasteiger partial charge is 0.222 e. The van der Waals surface area contributed by atoms with E-state index in [0.29, 0.717) is 0 Å². The fourth-order valence-electron chi connectivity index (χ4n) is 2.37. The van der Waals surface area contributed by atoms with Crippen molar-refractivity contribution in [2.45, 2.75) is 46.0 Å². The standard InChI is InChI=1S/C12H23NO2/c1-12(2,10-5-3-4-6-10)9-13-11(15)7-8-14/h10,14H,3-9H2,1-2H3,(H,13,15). The summed E-state index contributed by atoms with van der Waals surface area (Å²) >= 11 is 0. The van der Waals surface area contributed by atoms with Gasteiger partial charge in [0.1, 0.15) is 0 Å². The van der Waals surface area contributed by atoms with Gasteiger partial charge in [0.2, 0.25) is 5.91 Å². The fraction of sp³-hybridized carbons (Fsp3) is 0.917. The minimum absolute atomic E-state index is 0.0384. The Bertz CT molecular complexity index is 208. The minimum Gasteiger partial charge on any atom is -0.396 e. The van der Waals surface area contributed by atoms with Gasteiger partial charge in [-0.25, -0.2) is 0 Å². The number of nitrogens with one attached hydrogen (secondary N) is 1. The molecule has 2 N–H and O–H groups in total. The molecule has 3 heteroatoms. The molecule has 0 radical (unpaired) electrons. The molecule has 0 aromatic rings. The van der Waals surface area contributed by atoms with Crippen LogP contribution in [0.1, 0.15) is 46.0 Å². The zero-order valence-corrected chi connectivity index (χ0v) is 9.88. The molecule has 0 aromatic carbocycles. The third-order valence-corrected chi connectivity index (χ3v) is 3.54. The first kappa shape index (κ1) is 12.5. The van der Waals surface area contributed by atoms with Gasteiger partial charge in [0.05, 0.1) is 6.61 Å². The molecular formula is C12H23NO2. The van der Waals surface area contributed by atoms with E-state index in [4.69, 9.17) is 5.11 Å². The van der Waals surface area contributed by atoms with Gasteiger partial charge in [0, 0.05) is 13.0 Å². The summed E-state index contributed by atoms with van der Waals surface area (Å²) in [5.74, 6) is 0.704. The summed E-state index contributed by atoms with van der Waals surface area (Å²) in [4.78, 5) is 11.2. The lowest BCUT2D eigenvalue weighted by molar-refractivity contribution is -0.122. The monoisotopic (exact) mass is 213 g/mol. The van der Waals surface area contributed by atoms with Gasteiger partial charge < -0.3 is 10.4 Å². The molecule has 0 saturated heterocycles. The normalized spacial score (nSPS) is 18.1. The highest BCUT2D eigenvalue weighted by Crippen LogP contribution is 2.38. The van der Waals surface area contributed by atoms with Crippen molar-refractivity contribution < 1.29 is 9.90 Å². The van der Waals surface area contributed by atoms with Gasteiger partial charge in [-0.15, -0.1) is 0 Å². The third kappa shape index (κ3) is 3.82. The van der Waals surface area contributed by atoms with E-state index in [-0.39, 0.29) is 24.3 Å². The van der Waals surface area contributed by atoms with Crippen molar-refractivity contribution in [3.8, 4) is 0 Å².